The molecule has 234 valence electrons. The fourth-order valence-corrected chi connectivity index (χ4v) is 5.85. The average molecular weight is 603 g/mol. The minimum atomic E-state index is -1.87. The molecule has 2 fully saturated rings. The summed E-state index contributed by atoms with van der Waals surface area (Å²) in [7, 11) is 0. The molecule has 1 aliphatic carbocycles. The maximum Gasteiger partial charge on any atom is 0.258 e. The molecule has 2 heterocycles. The molecule has 4 rings (SSSR count). The van der Waals surface area contributed by atoms with Crippen LogP contribution in [0.25, 0.3) is 10.4 Å². The van der Waals surface area contributed by atoms with Gasteiger partial charge in [0.25, 0.3) is 5.91 Å². The van der Waals surface area contributed by atoms with Crippen LogP contribution in [0.15, 0.2) is 29.8 Å². The number of amides is 3. The molecule has 1 aromatic carbocycles. The van der Waals surface area contributed by atoms with Crippen LogP contribution < -0.4 is 10.6 Å². The monoisotopic (exact) mass is 602 g/mol. The Labute approximate surface area is 256 Å². The van der Waals surface area contributed by atoms with Crippen LogP contribution in [0.5, 0.6) is 0 Å². The van der Waals surface area contributed by atoms with Gasteiger partial charge in [-0.25, -0.2) is 9.37 Å². The van der Waals surface area contributed by atoms with Crippen molar-refractivity contribution in [2.45, 2.75) is 125 Å². The highest BCUT2D eigenvalue weighted by atomic mass is 32.1. The van der Waals surface area contributed by atoms with E-state index in [9.17, 15) is 18.8 Å². The highest BCUT2D eigenvalue weighted by Gasteiger charge is 2.53. The number of thiazole rings is 1. The number of nitrogens with one attached hydrogen (secondary N) is 2. The number of rotatable bonds is 9. The zero-order valence-electron chi connectivity index (χ0n) is 27.0. The van der Waals surface area contributed by atoms with Crippen molar-refractivity contribution in [3.63, 3.8) is 0 Å². The van der Waals surface area contributed by atoms with Gasteiger partial charge in [0.2, 0.25) is 11.8 Å². The van der Waals surface area contributed by atoms with Gasteiger partial charge >= 0.3 is 0 Å². The number of likely N-dealkylation sites (tertiary alicyclic amines) is 1. The summed E-state index contributed by atoms with van der Waals surface area (Å²) in [6, 6.07) is 6.49. The summed E-state index contributed by atoms with van der Waals surface area (Å²) in [5.41, 5.74) is 2.44. The van der Waals surface area contributed by atoms with E-state index in [4.69, 9.17) is 0 Å². The van der Waals surface area contributed by atoms with Crippen LogP contribution in [-0.2, 0) is 14.4 Å². The summed E-state index contributed by atoms with van der Waals surface area (Å²) in [5, 5.41) is 5.85. The standard InChI is InChI=1S/C29H39FN4O3S.2C2H6/c1-6-8-21(19-10-12-20(13-11-19)23-18(2)31-17-38-23)32-25(35)22-9-7-16-34(22)26(36)24(28(3,4)5)33-27(37)29(30)14-15-29;2*1-2/h10-13,17,21-22,24H,6-9,14-16H2,1-5H3,(H,32,35)(H,33,37);2*1-2H3. The predicted molar refractivity (Wildman–Crippen MR) is 170 cm³/mol. The van der Waals surface area contributed by atoms with E-state index in [-0.39, 0.29) is 30.7 Å². The average Bonchev–Trinajstić information content (AvgIpc) is 3.34. The number of hydrogen-bond donors (Lipinski definition) is 2. The maximum atomic E-state index is 14.4. The largest absolute Gasteiger partial charge is 0.348 e. The lowest BCUT2D eigenvalue weighted by molar-refractivity contribution is -0.145. The molecule has 7 nitrogen and oxygen atoms in total. The Balaban J connectivity index is 0.00000148. The molecule has 9 heteroatoms. The number of hydrogen-bond acceptors (Lipinski definition) is 5. The highest BCUT2D eigenvalue weighted by molar-refractivity contribution is 7.13. The van der Waals surface area contributed by atoms with E-state index in [1.807, 2.05) is 73.0 Å². The molecular formula is C33H51FN4O3S. The number of benzene rings is 1. The number of carbonyl (C=O) groups excluding carboxylic acids is 3. The summed E-state index contributed by atoms with van der Waals surface area (Å²) in [5.74, 6) is -1.25. The fourth-order valence-electron chi connectivity index (χ4n) is 5.04. The van der Waals surface area contributed by atoms with Gasteiger partial charge in [-0.2, -0.15) is 0 Å². The molecule has 1 saturated carbocycles. The number of aromatic nitrogens is 1. The van der Waals surface area contributed by atoms with Crippen LogP contribution in [0, 0.1) is 12.3 Å². The number of nitrogens with zero attached hydrogens (tertiary/aromatic N) is 2. The molecule has 0 spiro atoms. The van der Waals surface area contributed by atoms with E-state index in [2.05, 4.69) is 34.7 Å². The second kappa shape index (κ2) is 15.6. The van der Waals surface area contributed by atoms with Crippen molar-refractivity contribution in [2.75, 3.05) is 6.54 Å². The van der Waals surface area contributed by atoms with E-state index in [0.717, 1.165) is 34.5 Å². The first-order valence-electron chi connectivity index (χ1n) is 15.6. The van der Waals surface area contributed by atoms with E-state index >= 15 is 0 Å². The van der Waals surface area contributed by atoms with Crippen LogP contribution in [-0.4, -0.2) is 51.9 Å². The van der Waals surface area contributed by atoms with Gasteiger partial charge in [0.15, 0.2) is 5.67 Å². The number of aryl methyl sites for hydroxylation is 1. The first kappa shape index (κ1) is 35.4. The molecule has 1 saturated heterocycles. The Hall–Kier alpha value is -2.81. The SMILES string of the molecule is CC.CC.CCCC(NC(=O)C1CCCN1C(=O)C(NC(=O)C1(F)CC1)C(C)(C)C)c1ccc(-c2scnc2C)cc1. The zero-order chi connectivity index (χ0) is 31.7. The molecule has 3 atom stereocenters. The third kappa shape index (κ3) is 8.62. The molecule has 42 heavy (non-hydrogen) atoms. The third-order valence-corrected chi connectivity index (χ3v) is 8.52. The molecule has 0 radical (unpaired) electrons. The second-order valence-corrected chi connectivity index (χ2v) is 12.5. The van der Waals surface area contributed by atoms with Crippen molar-refractivity contribution in [2.24, 2.45) is 5.41 Å². The van der Waals surface area contributed by atoms with E-state index < -0.39 is 29.1 Å². The molecule has 3 amide bonds. The van der Waals surface area contributed by atoms with E-state index in [1.54, 1.807) is 16.2 Å². The smallest absolute Gasteiger partial charge is 0.258 e. The quantitative estimate of drug-likeness (QED) is 0.319. The summed E-state index contributed by atoms with van der Waals surface area (Å²) in [4.78, 5) is 46.7. The number of carbonyl (C=O) groups is 3. The van der Waals surface area contributed by atoms with E-state index in [1.165, 1.54) is 0 Å². The Morgan fingerprint density at radius 3 is 2.21 bits per heavy atom. The summed E-state index contributed by atoms with van der Waals surface area (Å²) < 4.78 is 14.4. The minimum Gasteiger partial charge on any atom is -0.348 e. The van der Waals surface area contributed by atoms with Gasteiger partial charge in [-0.15, -0.1) is 11.3 Å². The summed E-state index contributed by atoms with van der Waals surface area (Å²) in [6.07, 6.45) is 3.27. The minimum absolute atomic E-state index is 0.180. The van der Waals surface area contributed by atoms with Crippen LogP contribution >= 0.6 is 11.3 Å². The Morgan fingerprint density at radius 2 is 1.71 bits per heavy atom. The van der Waals surface area contributed by atoms with Crippen LogP contribution in [0.4, 0.5) is 4.39 Å². The van der Waals surface area contributed by atoms with Crippen LogP contribution in [0.2, 0.25) is 0 Å². The van der Waals surface area contributed by atoms with Crippen LogP contribution in [0.3, 0.4) is 0 Å². The van der Waals surface area contributed by atoms with Gasteiger partial charge in [0.1, 0.15) is 12.1 Å². The molecule has 2 N–H and O–H groups in total. The first-order valence-corrected chi connectivity index (χ1v) is 16.4. The lowest BCUT2D eigenvalue weighted by Gasteiger charge is -2.36. The summed E-state index contributed by atoms with van der Waals surface area (Å²) >= 11 is 1.60. The van der Waals surface area contributed by atoms with Crippen molar-refractivity contribution < 1.29 is 18.8 Å². The van der Waals surface area contributed by atoms with Crippen molar-refractivity contribution >= 4 is 29.1 Å². The normalized spacial score (nSPS) is 18.4. The Morgan fingerprint density at radius 1 is 1.10 bits per heavy atom. The van der Waals surface area contributed by atoms with Gasteiger partial charge in [0, 0.05) is 6.54 Å². The molecule has 1 aromatic heterocycles. The van der Waals surface area contributed by atoms with Gasteiger partial charge in [-0.05, 0) is 55.6 Å². The fraction of sp³-hybridized carbons (Fsp3) is 0.636. The summed E-state index contributed by atoms with van der Waals surface area (Å²) in [6.45, 7) is 18.0. The third-order valence-electron chi connectivity index (χ3n) is 7.54. The van der Waals surface area contributed by atoms with Crippen molar-refractivity contribution in [1.82, 2.24) is 20.5 Å². The van der Waals surface area contributed by atoms with Crippen molar-refractivity contribution in [3.8, 4) is 10.4 Å². The first-order chi connectivity index (χ1) is 19.9. The van der Waals surface area contributed by atoms with Gasteiger partial charge < -0.3 is 15.5 Å². The number of alkyl halides is 1. The zero-order valence-corrected chi connectivity index (χ0v) is 27.8. The molecule has 2 aliphatic rings. The predicted octanol–water partition coefficient (Wildman–Crippen LogP) is 7.15. The van der Waals surface area contributed by atoms with Crippen molar-refractivity contribution in [3.05, 3.63) is 41.0 Å². The molecular weight excluding hydrogens is 551 g/mol. The molecule has 2 aromatic rings. The van der Waals surface area contributed by atoms with Gasteiger partial charge in [0.05, 0.1) is 22.1 Å². The lowest BCUT2D eigenvalue weighted by Crippen LogP contribution is -2.59. The molecule has 1 aliphatic heterocycles. The second-order valence-electron chi connectivity index (χ2n) is 11.7. The van der Waals surface area contributed by atoms with Crippen molar-refractivity contribution in [1.29, 1.82) is 0 Å². The van der Waals surface area contributed by atoms with Gasteiger partial charge in [-0.1, -0.05) is 86.1 Å². The number of halogens is 1. The Bertz CT molecular complexity index is 1170. The van der Waals surface area contributed by atoms with Gasteiger partial charge in [-0.3, -0.25) is 14.4 Å². The van der Waals surface area contributed by atoms with E-state index in [0.29, 0.717) is 19.4 Å². The lowest BCUT2D eigenvalue weighted by atomic mass is 9.85. The topological polar surface area (TPSA) is 91.4 Å². The Kier molecular flexibility index (Phi) is 13.1. The molecule has 0 bridgehead atoms. The highest BCUT2D eigenvalue weighted by Crippen LogP contribution is 2.40. The molecule has 3 unspecified atom stereocenters. The van der Waals surface area contributed by atoms with Crippen LogP contribution in [0.1, 0.15) is 111 Å². The maximum absolute atomic E-state index is 14.4.